The fourth-order valence-electron chi connectivity index (χ4n) is 2.47. The molecule has 15 heavy (non-hydrogen) atoms. The maximum atomic E-state index is 10.5. The number of carboxylic acid groups (broad SMARTS) is 1. The van der Waals surface area contributed by atoms with Gasteiger partial charge in [-0.2, -0.15) is 0 Å². The molecule has 2 aliphatic heterocycles. The van der Waals surface area contributed by atoms with Crippen molar-refractivity contribution in [1.29, 1.82) is 0 Å². The number of carboxylic acids is 1. The lowest BCUT2D eigenvalue weighted by Crippen LogP contribution is -2.41. The molecule has 2 fully saturated rings. The van der Waals surface area contributed by atoms with Crippen LogP contribution in [-0.4, -0.2) is 48.3 Å². The molecule has 4 heteroatoms. The number of rotatable bonds is 5. The molecule has 0 spiro atoms. The molecule has 2 saturated heterocycles. The minimum absolute atomic E-state index is 0.308. The van der Waals surface area contributed by atoms with Crippen LogP contribution in [0.3, 0.4) is 0 Å². The van der Waals surface area contributed by atoms with Crippen LogP contribution in [0.5, 0.6) is 0 Å². The first-order chi connectivity index (χ1) is 7.25. The van der Waals surface area contributed by atoms with E-state index in [1.54, 1.807) is 0 Å². The third-order valence-corrected chi connectivity index (χ3v) is 3.39. The predicted octanol–water partition coefficient (Wildman–Crippen LogP) is 0.962. The third kappa shape index (κ3) is 2.92. The normalized spacial score (nSPS) is 27.9. The lowest BCUT2D eigenvalue weighted by molar-refractivity contribution is -0.137. The van der Waals surface area contributed by atoms with E-state index < -0.39 is 5.97 Å². The molecule has 1 atom stereocenters. The second-order valence-corrected chi connectivity index (χ2v) is 4.63. The molecule has 86 valence electrons. The molecule has 2 rings (SSSR count). The van der Waals surface area contributed by atoms with Crippen molar-refractivity contribution in [3.8, 4) is 0 Å². The molecule has 0 saturated carbocycles. The summed E-state index contributed by atoms with van der Waals surface area (Å²) in [6, 6.07) is 0.502. The van der Waals surface area contributed by atoms with Gasteiger partial charge in [0.15, 0.2) is 0 Å². The molecule has 0 aromatic rings. The maximum absolute atomic E-state index is 10.5. The SMILES string of the molecule is O=C(O)CCC1CCCN1CC1COC1. The first-order valence-electron chi connectivity index (χ1n) is 5.79. The van der Waals surface area contributed by atoms with Gasteiger partial charge < -0.3 is 9.84 Å². The summed E-state index contributed by atoms with van der Waals surface area (Å²) in [5, 5.41) is 8.66. The molecule has 4 nitrogen and oxygen atoms in total. The highest BCUT2D eigenvalue weighted by atomic mass is 16.5. The van der Waals surface area contributed by atoms with Crippen molar-refractivity contribution in [3.63, 3.8) is 0 Å². The summed E-state index contributed by atoms with van der Waals surface area (Å²) in [5.41, 5.74) is 0. The molecule has 1 N–H and O–H groups in total. The molecule has 2 heterocycles. The van der Waals surface area contributed by atoms with Gasteiger partial charge in [-0.1, -0.05) is 0 Å². The van der Waals surface area contributed by atoms with Crippen LogP contribution in [0, 0.1) is 5.92 Å². The number of aliphatic carboxylic acids is 1. The van der Waals surface area contributed by atoms with Crippen LogP contribution in [0.1, 0.15) is 25.7 Å². The zero-order chi connectivity index (χ0) is 10.7. The molecular formula is C11H19NO3. The van der Waals surface area contributed by atoms with Crippen molar-refractivity contribution in [2.24, 2.45) is 5.92 Å². The Morgan fingerprint density at radius 1 is 1.47 bits per heavy atom. The van der Waals surface area contributed by atoms with E-state index in [0.29, 0.717) is 18.4 Å². The number of carbonyl (C=O) groups is 1. The lowest BCUT2D eigenvalue weighted by Gasteiger charge is -2.33. The highest BCUT2D eigenvalue weighted by Gasteiger charge is 2.29. The number of ether oxygens (including phenoxy) is 1. The summed E-state index contributed by atoms with van der Waals surface area (Å²) >= 11 is 0. The summed E-state index contributed by atoms with van der Waals surface area (Å²) in [5.74, 6) is 0.0178. The summed E-state index contributed by atoms with van der Waals surface area (Å²) in [7, 11) is 0. The predicted molar refractivity (Wildman–Crippen MR) is 55.8 cm³/mol. The van der Waals surface area contributed by atoms with E-state index in [9.17, 15) is 4.79 Å². The third-order valence-electron chi connectivity index (χ3n) is 3.39. The molecule has 0 aromatic heterocycles. The molecular weight excluding hydrogens is 194 g/mol. The first kappa shape index (κ1) is 10.9. The maximum Gasteiger partial charge on any atom is 0.303 e. The molecule has 2 aliphatic rings. The van der Waals surface area contributed by atoms with Crippen LogP contribution in [0.15, 0.2) is 0 Å². The second-order valence-electron chi connectivity index (χ2n) is 4.63. The van der Waals surface area contributed by atoms with Crippen LogP contribution in [0.25, 0.3) is 0 Å². The van der Waals surface area contributed by atoms with Gasteiger partial charge in [-0.3, -0.25) is 9.69 Å². The lowest BCUT2D eigenvalue weighted by atomic mass is 10.1. The molecule has 0 aliphatic carbocycles. The first-order valence-corrected chi connectivity index (χ1v) is 5.79. The van der Waals surface area contributed by atoms with E-state index in [0.717, 1.165) is 32.7 Å². The number of nitrogens with zero attached hydrogens (tertiary/aromatic N) is 1. The molecule has 0 radical (unpaired) electrons. The van der Waals surface area contributed by atoms with Crippen molar-refractivity contribution in [1.82, 2.24) is 4.90 Å². The largest absolute Gasteiger partial charge is 0.481 e. The topological polar surface area (TPSA) is 49.8 Å². The Labute approximate surface area is 90.2 Å². The van der Waals surface area contributed by atoms with Crippen LogP contribution >= 0.6 is 0 Å². The van der Waals surface area contributed by atoms with Gasteiger partial charge in [0.1, 0.15) is 0 Å². The second kappa shape index (κ2) is 4.94. The number of hydrogen-bond acceptors (Lipinski definition) is 3. The summed E-state index contributed by atoms with van der Waals surface area (Å²) in [4.78, 5) is 13.0. The zero-order valence-electron chi connectivity index (χ0n) is 9.02. The van der Waals surface area contributed by atoms with Gasteiger partial charge in [0, 0.05) is 24.9 Å². The minimum atomic E-state index is -0.672. The molecule has 1 unspecified atom stereocenters. The van der Waals surface area contributed by atoms with E-state index in [4.69, 9.17) is 9.84 Å². The van der Waals surface area contributed by atoms with Crippen LogP contribution < -0.4 is 0 Å². The van der Waals surface area contributed by atoms with Crippen LogP contribution in [-0.2, 0) is 9.53 Å². The van der Waals surface area contributed by atoms with Crippen molar-refractivity contribution in [2.45, 2.75) is 31.7 Å². The van der Waals surface area contributed by atoms with E-state index in [1.165, 1.54) is 12.8 Å². The average molecular weight is 213 g/mol. The Bertz CT molecular complexity index is 228. The minimum Gasteiger partial charge on any atom is -0.481 e. The monoisotopic (exact) mass is 213 g/mol. The Kier molecular flexibility index (Phi) is 3.59. The van der Waals surface area contributed by atoms with Crippen molar-refractivity contribution in [3.05, 3.63) is 0 Å². The van der Waals surface area contributed by atoms with Gasteiger partial charge in [-0.25, -0.2) is 0 Å². The summed E-state index contributed by atoms with van der Waals surface area (Å²) in [6.45, 7) is 4.02. The van der Waals surface area contributed by atoms with E-state index in [2.05, 4.69) is 4.90 Å². The Morgan fingerprint density at radius 3 is 2.87 bits per heavy atom. The highest BCUT2D eigenvalue weighted by Crippen LogP contribution is 2.24. The van der Waals surface area contributed by atoms with Crippen LogP contribution in [0.4, 0.5) is 0 Å². The average Bonchev–Trinajstić information content (AvgIpc) is 2.55. The van der Waals surface area contributed by atoms with Crippen molar-refractivity contribution in [2.75, 3.05) is 26.3 Å². The van der Waals surface area contributed by atoms with Gasteiger partial charge in [0.25, 0.3) is 0 Å². The quantitative estimate of drug-likeness (QED) is 0.739. The molecule has 0 aromatic carbocycles. The van der Waals surface area contributed by atoms with E-state index >= 15 is 0 Å². The fraction of sp³-hybridized carbons (Fsp3) is 0.909. The summed E-state index contributed by atoms with van der Waals surface area (Å²) < 4.78 is 5.16. The zero-order valence-corrected chi connectivity index (χ0v) is 9.02. The smallest absolute Gasteiger partial charge is 0.303 e. The number of likely N-dealkylation sites (tertiary alicyclic amines) is 1. The van der Waals surface area contributed by atoms with Crippen LogP contribution in [0.2, 0.25) is 0 Å². The van der Waals surface area contributed by atoms with Gasteiger partial charge in [0.05, 0.1) is 13.2 Å². The Hall–Kier alpha value is -0.610. The van der Waals surface area contributed by atoms with Gasteiger partial charge in [-0.15, -0.1) is 0 Å². The van der Waals surface area contributed by atoms with Crippen molar-refractivity contribution < 1.29 is 14.6 Å². The molecule has 0 amide bonds. The number of hydrogen-bond donors (Lipinski definition) is 1. The van der Waals surface area contributed by atoms with E-state index in [-0.39, 0.29) is 0 Å². The van der Waals surface area contributed by atoms with Gasteiger partial charge in [0.2, 0.25) is 0 Å². The summed E-state index contributed by atoms with van der Waals surface area (Å²) in [6.07, 6.45) is 3.50. The highest BCUT2D eigenvalue weighted by molar-refractivity contribution is 5.66. The Morgan fingerprint density at radius 2 is 2.27 bits per heavy atom. The van der Waals surface area contributed by atoms with Gasteiger partial charge >= 0.3 is 5.97 Å². The fourth-order valence-corrected chi connectivity index (χ4v) is 2.47. The van der Waals surface area contributed by atoms with Crippen molar-refractivity contribution >= 4 is 5.97 Å². The molecule has 0 bridgehead atoms. The Balaban J connectivity index is 1.73. The van der Waals surface area contributed by atoms with E-state index in [1.807, 2.05) is 0 Å². The standard InChI is InChI=1S/C11H19NO3/c13-11(14)4-3-10-2-1-5-12(10)6-9-7-15-8-9/h9-10H,1-8H2,(H,13,14). The van der Waals surface area contributed by atoms with Gasteiger partial charge in [-0.05, 0) is 25.8 Å².